The highest BCUT2D eigenvalue weighted by molar-refractivity contribution is 5.57. The fraction of sp³-hybridized carbons (Fsp3) is 0.714. The lowest BCUT2D eigenvalue weighted by Gasteiger charge is -2.21. The number of aryl methyl sites for hydroxylation is 1. The minimum atomic E-state index is 0.350. The molecule has 0 aliphatic carbocycles. The summed E-state index contributed by atoms with van der Waals surface area (Å²) >= 11 is 0. The molecule has 0 radical (unpaired) electrons. The van der Waals surface area contributed by atoms with Crippen molar-refractivity contribution in [2.24, 2.45) is 0 Å². The molecule has 19 heavy (non-hydrogen) atoms. The lowest BCUT2D eigenvalue weighted by Crippen LogP contribution is -2.30. The molecule has 0 bridgehead atoms. The Labute approximate surface area is 116 Å². The van der Waals surface area contributed by atoms with Crippen LogP contribution in [0, 0.1) is 6.92 Å². The van der Waals surface area contributed by atoms with Crippen LogP contribution in [-0.4, -0.2) is 48.1 Å². The predicted molar refractivity (Wildman–Crippen MR) is 81.9 cm³/mol. The van der Waals surface area contributed by atoms with Crippen molar-refractivity contribution in [3.63, 3.8) is 0 Å². The number of aromatic nitrogens is 2. The third kappa shape index (κ3) is 4.67. The Bertz CT molecular complexity index is 403. The minimum Gasteiger partial charge on any atom is -0.370 e. The first kappa shape index (κ1) is 15.7. The third-order valence-corrected chi connectivity index (χ3v) is 2.87. The van der Waals surface area contributed by atoms with Crippen molar-refractivity contribution >= 4 is 11.6 Å². The van der Waals surface area contributed by atoms with Crippen LogP contribution in [0.1, 0.15) is 32.2 Å². The van der Waals surface area contributed by atoms with Gasteiger partial charge in [-0.25, -0.2) is 9.97 Å². The van der Waals surface area contributed by atoms with E-state index in [1.165, 1.54) is 0 Å². The molecule has 0 aromatic carbocycles. The van der Waals surface area contributed by atoms with Crippen molar-refractivity contribution in [2.45, 2.75) is 40.2 Å². The summed E-state index contributed by atoms with van der Waals surface area (Å²) in [6.45, 7) is 10.2. The number of hydrogen-bond donors (Lipinski definition) is 2. The number of anilines is 2. The van der Waals surface area contributed by atoms with E-state index >= 15 is 0 Å². The van der Waals surface area contributed by atoms with Gasteiger partial charge in [0.1, 0.15) is 17.5 Å². The molecular weight excluding hydrogens is 238 g/mol. The van der Waals surface area contributed by atoms with Crippen LogP contribution < -0.4 is 10.6 Å². The molecule has 108 valence electrons. The van der Waals surface area contributed by atoms with Crippen LogP contribution in [0.5, 0.6) is 0 Å². The van der Waals surface area contributed by atoms with Crippen molar-refractivity contribution in [1.82, 2.24) is 14.9 Å². The highest BCUT2D eigenvalue weighted by Gasteiger charge is 2.12. The van der Waals surface area contributed by atoms with Gasteiger partial charge in [0.25, 0.3) is 0 Å². The molecule has 1 atom stereocenters. The Hall–Kier alpha value is -1.36. The van der Waals surface area contributed by atoms with Gasteiger partial charge in [-0.2, -0.15) is 0 Å². The second-order valence-electron chi connectivity index (χ2n) is 5.15. The summed E-state index contributed by atoms with van der Waals surface area (Å²) in [4.78, 5) is 11.3. The van der Waals surface area contributed by atoms with E-state index < -0.39 is 0 Å². The molecule has 1 unspecified atom stereocenters. The average molecular weight is 265 g/mol. The van der Waals surface area contributed by atoms with E-state index in [4.69, 9.17) is 0 Å². The molecule has 1 aromatic heterocycles. The van der Waals surface area contributed by atoms with Gasteiger partial charge in [-0.1, -0.05) is 6.92 Å². The van der Waals surface area contributed by atoms with Crippen molar-refractivity contribution < 1.29 is 0 Å². The van der Waals surface area contributed by atoms with E-state index in [9.17, 15) is 0 Å². The summed E-state index contributed by atoms with van der Waals surface area (Å²) in [5.74, 6) is 2.76. The number of hydrogen-bond acceptors (Lipinski definition) is 5. The molecule has 5 nitrogen and oxygen atoms in total. The molecule has 0 saturated carbocycles. The molecule has 0 aliphatic heterocycles. The summed E-state index contributed by atoms with van der Waals surface area (Å²) in [6.07, 6.45) is 0.843. The Morgan fingerprint density at radius 1 is 1.16 bits per heavy atom. The van der Waals surface area contributed by atoms with Crippen molar-refractivity contribution in [3.8, 4) is 0 Å². The van der Waals surface area contributed by atoms with Gasteiger partial charge in [0, 0.05) is 31.1 Å². The largest absolute Gasteiger partial charge is 0.370 e. The zero-order valence-electron chi connectivity index (χ0n) is 13.0. The molecule has 1 aromatic rings. The Kier molecular flexibility index (Phi) is 6.02. The first-order valence-electron chi connectivity index (χ1n) is 7.00. The molecular formula is C14H27N5. The predicted octanol–water partition coefficient (Wildman–Crippen LogP) is 2.14. The van der Waals surface area contributed by atoms with Crippen LogP contribution in [0.15, 0.2) is 0 Å². The SMILES string of the molecule is CCNc1nc(CC)nc(NC(C)CN(C)C)c1C. The van der Waals surface area contributed by atoms with Crippen LogP contribution in [0.2, 0.25) is 0 Å². The van der Waals surface area contributed by atoms with Crippen LogP contribution >= 0.6 is 0 Å². The molecule has 2 N–H and O–H groups in total. The first-order valence-corrected chi connectivity index (χ1v) is 7.00. The van der Waals surface area contributed by atoms with Gasteiger partial charge < -0.3 is 15.5 Å². The van der Waals surface area contributed by atoms with Crippen molar-refractivity contribution in [3.05, 3.63) is 11.4 Å². The van der Waals surface area contributed by atoms with E-state index in [2.05, 4.69) is 67.3 Å². The maximum atomic E-state index is 4.60. The van der Waals surface area contributed by atoms with E-state index in [0.29, 0.717) is 6.04 Å². The van der Waals surface area contributed by atoms with Gasteiger partial charge in [0.2, 0.25) is 0 Å². The lowest BCUT2D eigenvalue weighted by atomic mass is 10.2. The second kappa shape index (κ2) is 7.28. The van der Waals surface area contributed by atoms with Crippen LogP contribution in [0.3, 0.4) is 0 Å². The zero-order valence-corrected chi connectivity index (χ0v) is 13.0. The van der Waals surface area contributed by atoms with Crippen LogP contribution in [0.25, 0.3) is 0 Å². The molecule has 1 heterocycles. The number of nitrogens with zero attached hydrogens (tertiary/aromatic N) is 3. The smallest absolute Gasteiger partial charge is 0.135 e. The van der Waals surface area contributed by atoms with Crippen LogP contribution in [0.4, 0.5) is 11.6 Å². The molecule has 5 heteroatoms. The van der Waals surface area contributed by atoms with Gasteiger partial charge >= 0.3 is 0 Å². The fourth-order valence-corrected chi connectivity index (χ4v) is 2.03. The molecule has 0 amide bonds. The molecule has 0 spiro atoms. The quantitative estimate of drug-likeness (QED) is 0.791. The van der Waals surface area contributed by atoms with Gasteiger partial charge in [-0.15, -0.1) is 0 Å². The molecule has 1 rings (SSSR count). The third-order valence-electron chi connectivity index (χ3n) is 2.87. The monoisotopic (exact) mass is 265 g/mol. The summed E-state index contributed by atoms with van der Waals surface area (Å²) in [5.41, 5.74) is 1.09. The van der Waals surface area contributed by atoms with Crippen molar-refractivity contribution in [1.29, 1.82) is 0 Å². The Balaban J connectivity index is 2.94. The highest BCUT2D eigenvalue weighted by Crippen LogP contribution is 2.20. The summed E-state index contributed by atoms with van der Waals surface area (Å²) in [5, 5.41) is 6.79. The standard InChI is InChI=1S/C14H27N5/c1-7-12-17-13(15-8-2)11(4)14(18-12)16-10(3)9-19(5)6/h10H,7-9H2,1-6H3,(H2,15,16,17,18). The first-order chi connectivity index (χ1) is 8.97. The number of nitrogens with one attached hydrogen (secondary N) is 2. The van der Waals surface area contributed by atoms with E-state index in [1.807, 2.05) is 0 Å². The number of likely N-dealkylation sites (N-methyl/N-ethyl adjacent to an activating group) is 1. The average Bonchev–Trinajstić information content (AvgIpc) is 2.33. The fourth-order valence-electron chi connectivity index (χ4n) is 2.03. The Morgan fingerprint density at radius 3 is 2.32 bits per heavy atom. The Morgan fingerprint density at radius 2 is 1.79 bits per heavy atom. The number of rotatable bonds is 7. The van der Waals surface area contributed by atoms with Crippen molar-refractivity contribution in [2.75, 3.05) is 37.8 Å². The van der Waals surface area contributed by atoms with E-state index in [-0.39, 0.29) is 0 Å². The summed E-state index contributed by atoms with van der Waals surface area (Å²) < 4.78 is 0. The normalized spacial score (nSPS) is 12.6. The van der Waals surface area contributed by atoms with Gasteiger partial charge in [-0.3, -0.25) is 0 Å². The molecule has 0 saturated heterocycles. The maximum absolute atomic E-state index is 4.60. The summed E-state index contributed by atoms with van der Waals surface area (Å²) in [7, 11) is 4.15. The van der Waals surface area contributed by atoms with Gasteiger partial charge in [0.05, 0.1) is 0 Å². The van der Waals surface area contributed by atoms with E-state index in [1.54, 1.807) is 0 Å². The second-order valence-corrected chi connectivity index (χ2v) is 5.15. The molecule has 0 aliphatic rings. The van der Waals surface area contributed by atoms with Gasteiger partial charge in [-0.05, 0) is 34.9 Å². The minimum absolute atomic E-state index is 0.350. The molecule has 0 fully saturated rings. The lowest BCUT2D eigenvalue weighted by molar-refractivity contribution is 0.392. The van der Waals surface area contributed by atoms with E-state index in [0.717, 1.165) is 42.5 Å². The van der Waals surface area contributed by atoms with Crippen LogP contribution in [-0.2, 0) is 6.42 Å². The topological polar surface area (TPSA) is 53.1 Å². The summed E-state index contributed by atoms with van der Waals surface area (Å²) in [6, 6.07) is 0.350. The zero-order chi connectivity index (χ0) is 14.4. The highest BCUT2D eigenvalue weighted by atomic mass is 15.1. The maximum Gasteiger partial charge on any atom is 0.135 e. The van der Waals surface area contributed by atoms with Gasteiger partial charge in [0.15, 0.2) is 0 Å².